The molecule has 0 unspecified atom stereocenters. The lowest BCUT2D eigenvalue weighted by Crippen LogP contribution is -1.98. The Morgan fingerprint density at radius 2 is 2.20 bits per heavy atom. The minimum absolute atomic E-state index is 0.254. The molecule has 0 aliphatic heterocycles. The van der Waals surface area contributed by atoms with Gasteiger partial charge in [-0.1, -0.05) is 29.3 Å². The second-order valence-electron chi connectivity index (χ2n) is 4.55. The van der Waals surface area contributed by atoms with Crippen molar-refractivity contribution in [3.05, 3.63) is 48.6 Å². The molecule has 6 heteroatoms. The van der Waals surface area contributed by atoms with Gasteiger partial charge >= 0.3 is 0 Å². The summed E-state index contributed by atoms with van der Waals surface area (Å²) < 4.78 is 1.86. The number of nitro groups is 1. The van der Waals surface area contributed by atoms with Gasteiger partial charge in [0.1, 0.15) is 0 Å². The molecule has 0 aliphatic carbocycles. The Hall–Kier alpha value is -1.14. The number of hydrogen-bond acceptors (Lipinski definition) is 2. The Labute approximate surface area is 133 Å². The molecule has 0 amide bonds. The van der Waals surface area contributed by atoms with Crippen LogP contribution in [0.1, 0.15) is 31.7 Å². The third-order valence-electron chi connectivity index (χ3n) is 3.08. The Balaban J connectivity index is 2.48. The number of unbranched alkanes of at least 4 members (excludes halogenated alkanes) is 1. The van der Waals surface area contributed by atoms with Gasteiger partial charge in [0, 0.05) is 38.6 Å². The highest BCUT2D eigenvalue weighted by Crippen LogP contribution is 2.31. The zero-order chi connectivity index (χ0) is 14.7. The number of aromatic amines is 1. The van der Waals surface area contributed by atoms with Crippen molar-refractivity contribution in [1.82, 2.24) is 4.98 Å². The summed E-state index contributed by atoms with van der Waals surface area (Å²) in [7, 11) is 0. The average molecular weight is 402 g/mol. The molecule has 1 aromatic heterocycles. The second-order valence-corrected chi connectivity index (χ2v) is 6.32. The highest BCUT2D eigenvalue weighted by atomic mass is 79.9. The highest BCUT2D eigenvalue weighted by Gasteiger charge is 2.13. The maximum absolute atomic E-state index is 11.1. The SMILES string of the molecule is CCCC/C(=C\c1c[nH]c2c(Br)cc(Br)cc12)[N+](=O)[O-]. The minimum Gasteiger partial charge on any atom is -0.360 e. The van der Waals surface area contributed by atoms with Crippen LogP contribution in [-0.2, 0) is 0 Å². The number of aromatic nitrogens is 1. The van der Waals surface area contributed by atoms with Crippen molar-refractivity contribution >= 4 is 48.8 Å². The van der Waals surface area contributed by atoms with Crippen LogP contribution in [0.25, 0.3) is 17.0 Å². The normalized spacial score (nSPS) is 12.1. The van der Waals surface area contributed by atoms with Gasteiger partial charge in [0.2, 0.25) is 5.70 Å². The fourth-order valence-electron chi connectivity index (χ4n) is 2.05. The molecule has 0 atom stereocenters. The molecular weight excluding hydrogens is 388 g/mol. The summed E-state index contributed by atoms with van der Waals surface area (Å²) in [6.45, 7) is 2.03. The lowest BCUT2D eigenvalue weighted by molar-refractivity contribution is -0.426. The summed E-state index contributed by atoms with van der Waals surface area (Å²) >= 11 is 6.92. The molecule has 2 aromatic rings. The van der Waals surface area contributed by atoms with E-state index in [2.05, 4.69) is 36.8 Å². The van der Waals surface area contributed by atoms with Crippen LogP contribution >= 0.6 is 31.9 Å². The molecule has 0 fully saturated rings. The number of nitrogens with one attached hydrogen (secondary N) is 1. The standard InChI is InChI=1S/C14H14Br2N2O2/c1-2-3-4-11(18(19)20)5-9-8-17-14-12(9)6-10(15)7-13(14)16/h5-8,17H,2-4H2,1H3/b11-5+. The highest BCUT2D eigenvalue weighted by molar-refractivity contribution is 9.11. The summed E-state index contributed by atoms with van der Waals surface area (Å²) in [6, 6.07) is 3.90. The van der Waals surface area contributed by atoms with Gasteiger partial charge in [0.15, 0.2) is 0 Å². The van der Waals surface area contributed by atoms with Crippen molar-refractivity contribution in [1.29, 1.82) is 0 Å². The minimum atomic E-state index is -0.290. The second kappa shape index (κ2) is 6.54. The number of hydrogen-bond donors (Lipinski definition) is 1. The first kappa shape index (κ1) is 15.3. The van der Waals surface area contributed by atoms with Gasteiger partial charge in [0.25, 0.3) is 0 Å². The number of fused-ring (bicyclic) bond motifs is 1. The van der Waals surface area contributed by atoms with Gasteiger partial charge < -0.3 is 4.98 Å². The molecule has 0 aliphatic rings. The van der Waals surface area contributed by atoms with E-state index in [-0.39, 0.29) is 10.6 Å². The van der Waals surface area contributed by atoms with Gasteiger partial charge in [0.05, 0.1) is 10.4 Å². The lowest BCUT2D eigenvalue weighted by atomic mass is 10.1. The van der Waals surface area contributed by atoms with E-state index in [4.69, 9.17) is 0 Å². The zero-order valence-electron chi connectivity index (χ0n) is 11.0. The summed E-state index contributed by atoms with van der Waals surface area (Å²) in [6.07, 6.45) is 5.72. The van der Waals surface area contributed by atoms with Crippen LogP contribution in [0, 0.1) is 10.1 Å². The first-order valence-corrected chi connectivity index (χ1v) is 7.92. The van der Waals surface area contributed by atoms with Crippen LogP contribution in [0.5, 0.6) is 0 Å². The van der Waals surface area contributed by atoms with Crippen molar-refractivity contribution in [2.75, 3.05) is 0 Å². The summed E-state index contributed by atoms with van der Waals surface area (Å²) in [4.78, 5) is 14.0. The molecule has 0 radical (unpaired) electrons. The quantitative estimate of drug-likeness (QED) is 0.531. The predicted molar refractivity (Wildman–Crippen MR) is 88.2 cm³/mol. The van der Waals surface area contributed by atoms with Crippen molar-refractivity contribution in [3.8, 4) is 0 Å². The number of allylic oxidation sites excluding steroid dienone is 1. The third kappa shape index (κ3) is 3.30. The van der Waals surface area contributed by atoms with Crippen molar-refractivity contribution < 1.29 is 4.92 Å². The fraction of sp³-hybridized carbons (Fsp3) is 0.286. The fourth-order valence-corrected chi connectivity index (χ4v) is 3.39. The number of benzene rings is 1. The molecule has 106 valence electrons. The number of halogens is 2. The first-order valence-electron chi connectivity index (χ1n) is 6.34. The summed E-state index contributed by atoms with van der Waals surface area (Å²) in [5, 5.41) is 12.1. The monoisotopic (exact) mass is 400 g/mol. The maximum Gasteiger partial charge on any atom is 0.246 e. The first-order chi connectivity index (χ1) is 9.52. The Morgan fingerprint density at radius 3 is 2.85 bits per heavy atom. The molecule has 1 heterocycles. The molecule has 20 heavy (non-hydrogen) atoms. The number of nitrogens with zero attached hydrogens (tertiary/aromatic N) is 1. The van der Waals surface area contributed by atoms with Crippen LogP contribution in [0.3, 0.4) is 0 Å². The van der Waals surface area contributed by atoms with Crippen LogP contribution in [0.2, 0.25) is 0 Å². The van der Waals surface area contributed by atoms with Gasteiger partial charge in [-0.3, -0.25) is 10.1 Å². The largest absolute Gasteiger partial charge is 0.360 e. The Morgan fingerprint density at radius 1 is 1.45 bits per heavy atom. The molecule has 0 saturated carbocycles. The molecule has 4 nitrogen and oxygen atoms in total. The van der Waals surface area contributed by atoms with E-state index in [9.17, 15) is 10.1 Å². The van der Waals surface area contributed by atoms with Crippen molar-refractivity contribution in [2.45, 2.75) is 26.2 Å². The van der Waals surface area contributed by atoms with Gasteiger partial charge in [-0.05, 0) is 34.5 Å². The lowest BCUT2D eigenvalue weighted by Gasteiger charge is -1.99. The molecule has 1 aromatic carbocycles. The number of rotatable bonds is 5. The molecule has 2 rings (SSSR count). The van der Waals surface area contributed by atoms with E-state index in [0.717, 1.165) is 38.3 Å². The van der Waals surface area contributed by atoms with E-state index in [1.54, 1.807) is 12.3 Å². The van der Waals surface area contributed by atoms with Crippen LogP contribution < -0.4 is 0 Å². The van der Waals surface area contributed by atoms with Crippen LogP contribution in [-0.4, -0.2) is 9.91 Å². The van der Waals surface area contributed by atoms with E-state index in [1.165, 1.54) is 0 Å². The maximum atomic E-state index is 11.1. The molecule has 0 spiro atoms. The van der Waals surface area contributed by atoms with E-state index in [0.29, 0.717) is 6.42 Å². The summed E-state index contributed by atoms with van der Waals surface area (Å²) in [5.74, 6) is 0. The molecule has 0 saturated heterocycles. The summed E-state index contributed by atoms with van der Waals surface area (Å²) in [5.41, 5.74) is 2.03. The van der Waals surface area contributed by atoms with Gasteiger partial charge in [-0.15, -0.1) is 0 Å². The van der Waals surface area contributed by atoms with E-state index < -0.39 is 0 Å². The van der Waals surface area contributed by atoms with Crippen molar-refractivity contribution in [3.63, 3.8) is 0 Å². The van der Waals surface area contributed by atoms with E-state index in [1.807, 2.05) is 19.1 Å². The van der Waals surface area contributed by atoms with Crippen molar-refractivity contribution in [2.24, 2.45) is 0 Å². The Bertz CT molecular complexity index is 677. The van der Waals surface area contributed by atoms with Gasteiger partial charge in [-0.2, -0.15) is 0 Å². The number of H-pyrrole nitrogens is 1. The predicted octanol–water partition coefficient (Wildman–Crippen LogP) is 5.50. The zero-order valence-corrected chi connectivity index (χ0v) is 14.1. The van der Waals surface area contributed by atoms with E-state index >= 15 is 0 Å². The molecule has 1 N–H and O–H groups in total. The van der Waals surface area contributed by atoms with Crippen LogP contribution in [0.15, 0.2) is 33.0 Å². The third-order valence-corrected chi connectivity index (χ3v) is 4.16. The molecular formula is C14H14Br2N2O2. The Kier molecular flexibility index (Phi) is 4.99. The smallest absolute Gasteiger partial charge is 0.246 e. The average Bonchev–Trinajstić information content (AvgIpc) is 2.77. The van der Waals surface area contributed by atoms with Gasteiger partial charge in [-0.25, -0.2) is 0 Å². The van der Waals surface area contributed by atoms with Crippen LogP contribution in [0.4, 0.5) is 0 Å². The topological polar surface area (TPSA) is 58.9 Å². The molecule has 0 bridgehead atoms.